The number of hydrogen-bond donors (Lipinski definition) is 1. The summed E-state index contributed by atoms with van der Waals surface area (Å²) in [5.74, 6) is 0. The van der Waals surface area contributed by atoms with Crippen LogP contribution in [0.2, 0.25) is 0 Å². The zero-order chi connectivity index (χ0) is 13.2. The number of rotatable bonds is 2. The van der Waals surface area contributed by atoms with Crippen LogP contribution in [0.25, 0.3) is 11.1 Å². The van der Waals surface area contributed by atoms with Crippen molar-refractivity contribution in [1.29, 1.82) is 0 Å². The van der Waals surface area contributed by atoms with Gasteiger partial charge in [-0.3, -0.25) is 0 Å². The van der Waals surface area contributed by atoms with Crippen LogP contribution in [0, 0.1) is 6.92 Å². The van der Waals surface area contributed by atoms with Crippen molar-refractivity contribution >= 4 is 0 Å². The summed E-state index contributed by atoms with van der Waals surface area (Å²) in [6, 6.07) is 16.2. The maximum atomic E-state index is 3.45. The summed E-state index contributed by atoms with van der Waals surface area (Å²) in [7, 11) is 2.07. The molecular formula is C18H21N. The molecule has 2 aromatic carbocycles. The largest absolute Gasteiger partial charge is 0.313 e. The van der Waals surface area contributed by atoms with Crippen LogP contribution in [0.1, 0.15) is 35.6 Å². The van der Waals surface area contributed by atoms with Crippen LogP contribution in [0.4, 0.5) is 0 Å². The summed E-state index contributed by atoms with van der Waals surface area (Å²) in [6.07, 6.45) is 3.77. The molecule has 0 heterocycles. The second-order valence-electron chi connectivity index (χ2n) is 5.52. The van der Waals surface area contributed by atoms with E-state index in [1.54, 1.807) is 0 Å². The fourth-order valence-corrected chi connectivity index (χ4v) is 3.10. The number of nitrogens with one attached hydrogen (secondary N) is 1. The third kappa shape index (κ3) is 2.43. The Balaban J connectivity index is 2.05. The van der Waals surface area contributed by atoms with Crippen LogP contribution in [0.5, 0.6) is 0 Å². The highest BCUT2D eigenvalue weighted by molar-refractivity contribution is 5.66. The van der Waals surface area contributed by atoms with Crippen LogP contribution in [-0.2, 0) is 6.42 Å². The molecule has 1 aliphatic carbocycles. The van der Waals surface area contributed by atoms with Crippen LogP contribution in [-0.4, -0.2) is 7.05 Å². The molecule has 98 valence electrons. The average Bonchev–Trinajstić information content (AvgIpc) is 2.46. The van der Waals surface area contributed by atoms with Gasteiger partial charge in [-0.05, 0) is 61.6 Å². The van der Waals surface area contributed by atoms with Gasteiger partial charge >= 0.3 is 0 Å². The van der Waals surface area contributed by atoms with Crippen LogP contribution in [0.15, 0.2) is 42.5 Å². The zero-order valence-electron chi connectivity index (χ0n) is 11.7. The van der Waals surface area contributed by atoms with Gasteiger partial charge in [-0.2, -0.15) is 0 Å². The molecule has 1 unspecified atom stereocenters. The van der Waals surface area contributed by atoms with Gasteiger partial charge in [0.1, 0.15) is 0 Å². The van der Waals surface area contributed by atoms with Crippen molar-refractivity contribution < 1.29 is 0 Å². The molecule has 0 aromatic heterocycles. The molecule has 0 spiro atoms. The van der Waals surface area contributed by atoms with Gasteiger partial charge in [-0.1, -0.05) is 42.0 Å². The lowest BCUT2D eigenvalue weighted by atomic mass is 9.85. The maximum Gasteiger partial charge on any atom is 0.0320 e. The molecule has 0 bridgehead atoms. The number of fused-ring (bicyclic) bond motifs is 1. The van der Waals surface area contributed by atoms with Gasteiger partial charge in [0.15, 0.2) is 0 Å². The lowest BCUT2D eigenvalue weighted by Gasteiger charge is -2.25. The van der Waals surface area contributed by atoms with E-state index >= 15 is 0 Å². The summed E-state index contributed by atoms with van der Waals surface area (Å²) in [6.45, 7) is 2.15. The first-order chi connectivity index (χ1) is 9.28. The van der Waals surface area contributed by atoms with Crippen molar-refractivity contribution in [2.75, 3.05) is 7.05 Å². The maximum absolute atomic E-state index is 3.45. The predicted octanol–water partition coefficient (Wildman–Crippen LogP) is 4.26. The number of benzene rings is 2. The molecule has 0 radical (unpaired) electrons. The molecule has 1 heteroatoms. The summed E-state index contributed by atoms with van der Waals surface area (Å²) < 4.78 is 0. The van der Waals surface area contributed by atoms with Crippen molar-refractivity contribution in [2.24, 2.45) is 0 Å². The number of aryl methyl sites for hydroxylation is 2. The fourth-order valence-electron chi connectivity index (χ4n) is 3.10. The molecule has 0 fully saturated rings. The Morgan fingerprint density at radius 2 is 1.89 bits per heavy atom. The first-order valence-electron chi connectivity index (χ1n) is 7.15. The SMILES string of the molecule is CNC1CCCc2ccc(-c3cccc(C)c3)cc21. The fraction of sp³-hybridized carbons (Fsp3) is 0.333. The molecule has 1 nitrogen and oxygen atoms in total. The Hall–Kier alpha value is -1.60. The standard InChI is InChI=1S/C18H21N/c1-13-5-3-7-15(11-13)16-10-9-14-6-4-8-18(19-2)17(14)12-16/h3,5,7,9-12,18-19H,4,6,8H2,1-2H3. The third-order valence-corrected chi connectivity index (χ3v) is 4.16. The van der Waals surface area contributed by atoms with Crippen LogP contribution in [0.3, 0.4) is 0 Å². The van der Waals surface area contributed by atoms with Crippen LogP contribution >= 0.6 is 0 Å². The van der Waals surface area contributed by atoms with Gasteiger partial charge in [0.2, 0.25) is 0 Å². The highest BCUT2D eigenvalue weighted by atomic mass is 14.9. The Kier molecular flexibility index (Phi) is 3.39. The van der Waals surface area contributed by atoms with E-state index in [-0.39, 0.29) is 0 Å². The van der Waals surface area contributed by atoms with Crippen molar-refractivity contribution in [3.63, 3.8) is 0 Å². The van der Waals surface area contributed by atoms with Gasteiger partial charge in [0.05, 0.1) is 0 Å². The highest BCUT2D eigenvalue weighted by Gasteiger charge is 2.18. The van der Waals surface area contributed by atoms with Gasteiger partial charge < -0.3 is 5.32 Å². The van der Waals surface area contributed by atoms with E-state index in [0.29, 0.717) is 6.04 Å². The molecule has 2 aromatic rings. The normalized spacial score (nSPS) is 18.1. The molecule has 1 atom stereocenters. The molecule has 0 saturated heterocycles. The molecule has 0 saturated carbocycles. The summed E-state index contributed by atoms with van der Waals surface area (Å²) >= 11 is 0. The van der Waals surface area contributed by atoms with E-state index < -0.39 is 0 Å². The second-order valence-corrected chi connectivity index (χ2v) is 5.52. The van der Waals surface area contributed by atoms with E-state index in [9.17, 15) is 0 Å². The van der Waals surface area contributed by atoms with E-state index in [1.807, 2.05) is 0 Å². The van der Waals surface area contributed by atoms with Crippen molar-refractivity contribution in [3.8, 4) is 11.1 Å². The number of hydrogen-bond acceptors (Lipinski definition) is 1. The monoisotopic (exact) mass is 251 g/mol. The molecule has 3 rings (SSSR count). The van der Waals surface area contributed by atoms with Crippen LogP contribution < -0.4 is 5.32 Å². The van der Waals surface area contributed by atoms with E-state index in [2.05, 4.69) is 61.8 Å². The smallest absolute Gasteiger partial charge is 0.0320 e. The van der Waals surface area contributed by atoms with Gasteiger partial charge in [0.25, 0.3) is 0 Å². The van der Waals surface area contributed by atoms with Gasteiger partial charge in [-0.25, -0.2) is 0 Å². The quantitative estimate of drug-likeness (QED) is 0.841. The van der Waals surface area contributed by atoms with Gasteiger partial charge in [0, 0.05) is 6.04 Å². The van der Waals surface area contributed by atoms with Gasteiger partial charge in [-0.15, -0.1) is 0 Å². The summed E-state index contributed by atoms with van der Waals surface area (Å²) in [4.78, 5) is 0. The zero-order valence-corrected chi connectivity index (χ0v) is 11.7. The lowest BCUT2D eigenvalue weighted by Crippen LogP contribution is -2.21. The average molecular weight is 251 g/mol. The minimum Gasteiger partial charge on any atom is -0.313 e. The van der Waals surface area contributed by atoms with E-state index in [1.165, 1.54) is 47.1 Å². The first-order valence-corrected chi connectivity index (χ1v) is 7.15. The topological polar surface area (TPSA) is 12.0 Å². The Labute approximate surface area is 115 Å². The highest BCUT2D eigenvalue weighted by Crippen LogP contribution is 2.33. The summed E-state index contributed by atoms with van der Waals surface area (Å²) in [5, 5.41) is 3.45. The second kappa shape index (κ2) is 5.18. The molecule has 1 N–H and O–H groups in total. The molecule has 19 heavy (non-hydrogen) atoms. The third-order valence-electron chi connectivity index (χ3n) is 4.16. The molecule has 1 aliphatic rings. The van der Waals surface area contributed by atoms with Crippen molar-refractivity contribution in [3.05, 3.63) is 59.2 Å². The Morgan fingerprint density at radius 3 is 2.68 bits per heavy atom. The molecular weight excluding hydrogens is 230 g/mol. The summed E-state index contributed by atoms with van der Waals surface area (Å²) in [5.41, 5.74) is 6.99. The minimum atomic E-state index is 0.522. The minimum absolute atomic E-state index is 0.522. The molecule has 0 aliphatic heterocycles. The lowest BCUT2D eigenvalue weighted by molar-refractivity contribution is 0.497. The first kappa shape index (κ1) is 12.4. The van der Waals surface area contributed by atoms with E-state index in [0.717, 1.165) is 0 Å². The molecule has 0 amide bonds. The van der Waals surface area contributed by atoms with Crippen molar-refractivity contribution in [1.82, 2.24) is 5.32 Å². The Morgan fingerprint density at radius 1 is 1.05 bits per heavy atom. The Bertz CT molecular complexity index is 586. The predicted molar refractivity (Wildman–Crippen MR) is 81.4 cm³/mol. The van der Waals surface area contributed by atoms with E-state index in [4.69, 9.17) is 0 Å². The van der Waals surface area contributed by atoms with Crippen molar-refractivity contribution in [2.45, 2.75) is 32.2 Å².